The molecule has 10 heteroatoms. The van der Waals surface area contributed by atoms with Gasteiger partial charge in [-0.3, -0.25) is 9.59 Å². The molecule has 2 N–H and O–H groups in total. The van der Waals surface area contributed by atoms with Gasteiger partial charge >= 0.3 is 5.97 Å². The molecule has 0 aliphatic rings. The minimum Gasteiger partial charge on any atom is -0.490 e. The molecule has 150 valence electrons. The molecule has 0 aliphatic carbocycles. The SMILES string of the molecule is CC(=O)Nc1ccc(S(=O)(=O)NCC(=O)OCCOc2ccc(Cl)cc2)cc1. The van der Waals surface area contributed by atoms with Crippen LogP contribution in [0.25, 0.3) is 0 Å². The van der Waals surface area contributed by atoms with Crippen LogP contribution in [0.3, 0.4) is 0 Å². The van der Waals surface area contributed by atoms with Gasteiger partial charge in [0.05, 0.1) is 4.90 Å². The van der Waals surface area contributed by atoms with Crippen molar-refractivity contribution >= 4 is 39.2 Å². The van der Waals surface area contributed by atoms with Crippen molar-refractivity contribution in [2.45, 2.75) is 11.8 Å². The molecule has 0 saturated carbocycles. The number of amides is 1. The van der Waals surface area contributed by atoms with Crippen LogP contribution in [0.5, 0.6) is 5.75 Å². The number of carbonyl (C=O) groups excluding carboxylic acids is 2. The fourth-order valence-corrected chi connectivity index (χ4v) is 3.15. The van der Waals surface area contributed by atoms with E-state index >= 15 is 0 Å². The number of hydrogen-bond donors (Lipinski definition) is 2. The van der Waals surface area contributed by atoms with Crippen molar-refractivity contribution < 1.29 is 27.5 Å². The van der Waals surface area contributed by atoms with E-state index in [4.69, 9.17) is 21.1 Å². The molecule has 0 bridgehead atoms. The van der Waals surface area contributed by atoms with Crippen LogP contribution in [-0.2, 0) is 24.3 Å². The first-order chi connectivity index (χ1) is 13.3. The molecule has 0 radical (unpaired) electrons. The van der Waals surface area contributed by atoms with Crippen molar-refractivity contribution in [3.05, 3.63) is 53.6 Å². The Hall–Kier alpha value is -2.62. The lowest BCUT2D eigenvalue weighted by Gasteiger charge is -2.09. The van der Waals surface area contributed by atoms with E-state index in [2.05, 4.69) is 10.0 Å². The van der Waals surface area contributed by atoms with E-state index in [1.54, 1.807) is 24.3 Å². The van der Waals surface area contributed by atoms with Gasteiger partial charge in [0.15, 0.2) is 0 Å². The van der Waals surface area contributed by atoms with E-state index < -0.39 is 22.5 Å². The fourth-order valence-electron chi connectivity index (χ4n) is 2.05. The number of rotatable bonds is 9. The Morgan fingerprint density at radius 2 is 1.64 bits per heavy atom. The Morgan fingerprint density at radius 3 is 2.25 bits per heavy atom. The number of nitrogens with one attached hydrogen (secondary N) is 2. The predicted molar refractivity (Wildman–Crippen MR) is 104 cm³/mol. The molecule has 1 amide bonds. The van der Waals surface area contributed by atoms with E-state index in [1.165, 1.54) is 31.2 Å². The molecule has 0 unspecified atom stereocenters. The van der Waals surface area contributed by atoms with Crippen LogP contribution in [0, 0.1) is 0 Å². The maximum Gasteiger partial charge on any atom is 0.321 e. The van der Waals surface area contributed by atoms with Gasteiger partial charge < -0.3 is 14.8 Å². The summed E-state index contributed by atoms with van der Waals surface area (Å²) >= 11 is 5.76. The Kier molecular flexibility index (Phi) is 7.80. The van der Waals surface area contributed by atoms with Gasteiger partial charge in [-0.05, 0) is 48.5 Å². The van der Waals surface area contributed by atoms with E-state index in [0.717, 1.165) is 0 Å². The summed E-state index contributed by atoms with van der Waals surface area (Å²) in [4.78, 5) is 22.6. The highest BCUT2D eigenvalue weighted by molar-refractivity contribution is 7.89. The Bertz CT molecular complexity index is 914. The third-order valence-corrected chi connectivity index (χ3v) is 4.99. The quantitative estimate of drug-likeness (QED) is 0.469. The normalized spacial score (nSPS) is 10.9. The largest absolute Gasteiger partial charge is 0.490 e. The van der Waals surface area contributed by atoms with Crippen LogP contribution in [0.1, 0.15) is 6.92 Å². The lowest BCUT2D eigenvalue weighted by Crippen LogP contribution is -2.31. The maximum absolute atomic E-state index is 12.2. The topological polar surface area (TPSA) is 111 Å². The van der Waals surface area contributed by atoms with Crippen molar-refractivity contribution in [1.82, 2.24) is 4.72 Å². The summed E-state index contributed by atoms with van der Waals surface area (Å²) in [5, 5.41) is 3.11. The van der Waals surface area contributed by atoms with Gasteiger partial charge in [0, 0.05) is 17.6 Å². The van der Waals surface area contributed by atoms with Crippen LogP contribution in [-0.4, -0.2) is 40.1 Å². The fraction of sp³-hybridized carbons (Fsp3) is 0.222. The summed E-state index contributed by atoms with van der Waals surface area (Å²) in [5.41, 5.74) is 0.464. The van der Waals surface area contributed by atoms with Gasteiger partial charge in [0.2, 0.25) is 15.9 Å². The van der Waals surface area contributed by atoms with E-state index in [9.17, 15) is 18.0 Å². The highest BCUT2D eigenvalue weighted by atomic mass is 35.5. The maximum atomic E-state index is 12.2. The summed E-state index contributed by atoms with van der Waals surface area (Å²) in [7, 11) is -3.89. The number of hydrogen-bond acceptors (Lipinski definition) is 6. The minimum absolute atomic E-state index is 0.0331. The van der Waals surface area contributed by atoms with E-state index in [0.29, 0.717) is 16.5 Å². The van der Waals surface area contributed by atoms with Gasteiger partial charge in [-0.2, -0.15) is 4.72 Å². The van der Waals surface area contributed by atoms with Crippen LogP contribution in [0.4, 0.5) is 5.69 Å². The van der Waals surface area contributed by atoms with Crippen LogP contribution < -0.4 is 14.8 Å². The third kappa shape index (κ3) is 7.18. The third-order valence-electron chi connectivity index (χ3n) is 3.32. The number of carbonyl (C=O) groups is 2. The molecular formula is C18H19ClN2O6S. The average molecular weight is 427 g/mol. The molecule has 0 saturated heterocycles. The molecule has 0 fully saturated rings. The zero-order valence-electron chi connectivity index (χ0n) is 15.0. The van der Waals surface area contributed by atoms with Crippen molar-refractivity contribution in [2.75, 3.05) is 25.1 Å². The Morgan fingerprint density at radius 1 is 1.00 bits per heavy atom. The molecule has 0 spiro atoms. The highest BCUT2D eigenvalue weighted by Gasteiger charge is 2.16. The molecule has 2 rings (SSSR count). The van der Waals surface area contributed by atoms with Gasteiger partial charge in [0.25, 0.3) is 0 Å². The minimum atomic E-state index is -3.89. The lowest BCUT2D eigenvalue weighted by atomic mass is 10.3. The zero-order valence-corrected chi connectivity index (χ0v) is 16.5. The van der Waals surface area contributed by atoms with Crippen LogP contribution in [0.2, 0.25) is 5.02 Å². The van der Waals surface area contributed by atoms with Crippen molar-refractivity contribution in [1.29, 1.82) is 0 Å². The molecule has 0 heterocycles. The van der Waals surface area contributed by atoms with Gasteiger partial charge in [-0.15, -0.1) is 0 Å². The summed E-state index contributed by atoms with van der Waals surface area (Å²) in [6.07, 6.45) is 0. The molecule has 28 heavy (non-hydrogen) atoms. The Labute approximate surface area is 167 Å². The van der Waals surface area contributed by atoms with Gasteiger partial charge in [0.1, 0.15) is 25.5 Å². The first-order valence-corrected chi connectivity index (χ1v) is 10.0. The number of sulfonamides is 1. The number of ether oxygens (including phenoxy) is 2. The molecular weight excluding hydrogens is 408 g/mol. The van der Waals surface area contributed by atoms with Gasteiger partial charge in [-0.1, -0.05) is 11.6 Å². The summed E-state index contributed by atoms with van der Waals surface area (Å²) < 4.78 is 36.8. The number of benzene rings is 2. The molecule has 2 aromatic carbocycles. The second kappa shape index (κ2) is 10.1. The zero-order chi connectivity index (χ0) is 20.6. The first-order valence-electron chi connectivity index (χ1n) is 8.17. The Balaban J connectivity index is 1.74. The second-order valence-corrected chi connectivity index (χ2v) is 7.76. The molecule has 0 atom stereocenters. The standard InChI is InChI=1S/C18H19ClN2O6S/c1-13(22)21-15-4-8-17(9-5-15)28(24,25)20-12-18(23)27-11-10-26-16-6-2-14(19)3-7-16/h2-9,20H,10-12H2,1H3,(H,21,22). The number of halogens is 1. The average Bonchev–Trinajstić information content (AvgIpc) is 2.65. The summed E-state index contributed by atoms with van der Waals surface area (Å²) in [6.45, 7) is 0.911. The molecule has 0 aliphatic heterocycles. The van der Waals surface area contributed by atoms with Crippen molar-refractivity contribution in [2.24, 2.45) is 0 Å². The monoisotopic (exact) mass is 426 g/mol. The predicted octanol–water partition coefficient (Wildman–Crippen LogP) is 2.20. The van der Waals surface area contributed by atoms with Gasteiger partial charge in [-0.25, -0.2) is 8.42 Å². The van der Waals surface area contributed by atoms with E-state index in [1.807, 2.05) is 0 Å². The number of esters is 1. The second-order valence-electron chi connectivity index (χ2n) is 5.55. The molecule has 8 nitrogen and oxygen atoms in total. The van der Waals surface area contributed by atoms with Crippen LogP contribution in [0.15, 0.2) is 53.4 Å². The molecule has 0 aromatic heterocycles. The van der Waals surface area contributed by atoms with Crippen LogP contribution >= 0.6 is 11.6 Å². The molecule has 2 aromatic rings. The smallest absolute Gasteiger partial charge is 0.321 e. The van der Waals surface area contributed by atoms with E-state index in [-0.39, 0.29) is 24.0 Å². The summed E-state index contributed by atoms with van der Waals surface area (Å²) in [6, 6.07) is 12.2. The van der Waals surface area contributed by atoms with Crippen molar-refractivity contribution in [3.8, 4) is 5.75 Å². The summed E-state index contributed by atoms with van der Waals surface area (Å²) in [5.74, 6) is -0.432. The number of anilines is 1. The van der Waals surface area contributed by atoms with Crippen molar-refractivity contribution in [3.63, 3.8) is 0 Å². The highest BCUT2D eigenvalue weighted by Crippen LogP contribution is 2.15. The first kappa shape index (κ1) is 21.7. The lowest BCUT2D eigenvalue weighted by molar-refractivity contribution is -0.142.